The van der Waals surface area contributed by atoms with E-state index < -0.39 is 57.0 Å². The molecule has 0 unspecified atom stereocenters. The van der Waals surface area contributed by atoms with Gasteiger partial charge >= 0.3 is 11.4 Å². The Bertz CT molecular complexity index is 920. The van der Waals surface area contributed by atoms with E-state index in [2.05, 4.69) is 0 Å². The van der Waals surface area contributed by atoms with Crippen LogP contribution in [0.1, 0.15) is 22.9 Å². The van der Waals surface area contributed by atoms with E-state index in [1.165, 1.54) is 0 Å². The Morgan fingerprint density at radius 2 is 1.85 bits per heavy atom. The van der Waals surface area contributed by atoms with E-state index in [0.717, 1.165) is 18.2 Å². The largest absolute Gasteiger partial charge is 0.457 e. The van der Waals surface area contributed by atoms with Crippen LogP contribution in [0.15, 0.2) is 35.2 Å². The molecule has 26 heavy (non-hydrogen) atoms. The maximum atomic E-state index is 14.1. The third-order valence-electron chi connectivity index (χ3n) is 3.48. The smallest absolute Gasteiger partial charge is 0.417 e. The molecule has 1 atom stereocenters. The number of fused-ring (bicyclic) bond motifs is 1. The monoisotopic (exact) mass is 393 g/mol. The van der Waals surface area contributed by atoms with Crippen LogP contribution in [0.4, 0.5) is 30.7 Å². The first-order valence-electron chi connectivity index (χ1n) is 6.86. The molecule has 0 aliphatic carbocycles. The Hall–Kier alpha value is -2.41. The lowest BCUT2D eigenvalue weighted by molar-refractivity contribution is -0.139. The molecule has 1 aliphatic heterocycles. The van der Waals surface area contributed by atoms with Crippen LogP contribution in [0.25, 0.3) is 0 Å². The van der Waals surface area contributed by atoms with Gasteiger partial charge in [0, 0.05) is 11.0 Å². The minimum atomic E-state index is -4.97. The summed E-state index contributed by atoms with van der Waals surface area (Å²) in [6, 6.07) is 5.50. The summed E-state index contributed by atoms with van der Waals surface area (Å²) in [7, 11) is 0. The van der Waals surface area contributed by atoms with E-state index in [9.17, 15) is 30.7 Å². The van der Waals surface area contributed by atoms with E-state index in [-0.39, 0.29) is 11.3 Å². The molecule has 0 amide bonds. The minimum absolute atomic E-state index is 0.167. The van der Waals surface area contributed by atoms with Crippen LogP contribution >= 0.6 is 11.8 Å². The Balaban J connectivity index is 2.12. The van der Waals surface area contributed by atoms with E-state index in [0.29, 0.717) is 12.1 Å². The molecule has 3 rings (SSSR count). The zero-order chi connectivity index (χ0) is 19.3. The fourth-order valence-electron chi connectivity index (χ4n) is 2.41. The van der Waals surface area contributed by atoms with Crippen LogP contribution in [0.2, 0.25) is 0 Å². The van der Waals surface area contributed by atoms with Crippen LogP contribution in [0, 0.1) is 17.1 Å². The van der Waals surface area contributed by atoms with E-state index in [1.807, 2.05) is 0 Å². The fraction of sp³-hybridized carbons (Fsp3) is 0.188. The first-order valence-corrected chi connectivity index (χ1v) is 7.68. The molecule has 0 N–H and O–H groups in total. The summed E-state index contributed by atoms with van der Waals surface area (Å²) in [5.41, 5.74) is -2.54. The van der Waals surface area contributed by atoms with Gasteiger partial charge in [-0.3, -0.25) is 0 Å². The third-order valence-corrected chi connectivity index (χ3v) is 4.60. The maximum Gasteiger partial charge on any atom is 0.417 e. The van der Waals surface area contributed by atoms with Crippen molar-refractivity contribution in [3.8, 4) is 17.6 Å². The van der Waals surface area contributed by atoms with Crippen LogP contribution < -0.4 is 4.74 Å². The number of halogens is 7. The summed E-state index contributed by atoms with van der Waals surface area (Å²) in [4.78, 5) is -0.982. The van der Waals surface area contributed by atoms with E-state index >= 15 is 0 Å². The highest BCUT2D eigenvalue weighted by atomic mass is 32.2. The highest BCUT2D eigenvalue weighted by molar-refractivity contribution is 8.00. The number of alkyl halides is 6. The highest BCUT2D eigenvalue weighted by Crippen LogP contribution is 2.61. The molecule has 0 radical (unpaired) electrons. The average molecular weight is 393 g/mol. The molecule has 10 heteroatoms. The van der Waals surface area contributed by atoms with Crippen LogP contribution in [-0.2, 0) is 6.18 Å². The van der Waals surface area contributed by atoms with Gasteiger partial charge in [-0.15, -0.1) is 0 Å². The molecule has 2 nitrogen and oxygen atoms in total. The van der Waals surface area contributed by atoms with Gasteiger partial charge in [0.1, 0.15) is 17.3 Å². The number of hydrogen-bond acceptors (Lipinski definition) is 3. The first-order chi connectivity index (χ1) is 12.0. The second kappa shape index (κ2) is 6.09. The van der Waals surface area contributed by atoms with Crippen molar-refractivity contribution in [1.82, 2.24) is 0 Å². The molecular weight excluding hydrogens is 387 g/mol. The lowest BCUT2D eigenvalue weighted by Crippen LogP contribution is -2.12. The van der Waals surface area contributed by atoms with Gasteiger partial charge in [0.15, 0.2) is 0 Å². The van der Waals surface area contributed by atoms with Gasteiger partial charge in [-0.2, -0.15) is 27.2 Å². The number of nitrogens with zero attached hydrogens (tertiary/aromatic N) is 1. The highest BCUT2D eigenvalue weighted by Gasteiger charge is 2.54. The molecule has 0 saturated carbocycles. The van der Waals surface area contributed by atoms with Crippen LogP contribution in [0.3, 0.4) is 0 Å². The van der Waals surface area contributed by atoms with Crippen molar-refractivity contribution in [3.63, 3.8) is 0 Å². The normalized spacial score (nSPS) is 18.3. The Morgan fingerprint density at radius 3 is 2.46 bits per heavy atom. The summed E-state index contributed by atoms with van der Waals surface area (Å²) in [6.07, 6.45) is -8.01. The van der Waals surface area contributed by atoms with Crippen molar-refractivity contribution in [3.05, 3.63) is 52.8 Å². The molecule has 0 saturated heterocycles. The number of hydrogen-bond donors (Lipinski definition) is 0. The van der Waals surface area contributed by atoms with Crippen LogP contribution in [-0.4, -0.2) is 5.25 Å². The van der Waals surface area contributed by atoms with Gasteiger partial charge in [-0.25, -0.2) is 8.78 Å². The number of benzene rings is 2. The molecular formula is C16H6F7NOS. The molecule has 2 aromatic rings. The molecule has 0 fully saturated rings. The molecule has 1 aliphatic rings. The lowest BCUT2D eigenvalue weighted by Gasteiger charge is -2.15. The Morgan fingerprint density at radius 1 is 1.15 bits per heavy atom. The topological polar surface area (TPSA) is 33.0 Å². The van der Waals surface area contributed by atoms with Crippen molar-refractivity contribution < 1.29 is 35.5 Å². The molecule has 0 spiro atoms. The standard InChI is InChI=1S/C16H6F7NOS/c17-8-3-7(6-24)4-9(5-8)25-11-2-1-10(15(19,20)21)13-12(11)14(18)16(22,23)26-13/h1-5,14H/t14-/m0/s1. The van der Waals surface area contributed by atoms with Crippen molar-refractivity contribution in [2.45, 2.75) is 22.5 Å². The quantitative estimate of drug-likeness (QED) is 0.568. The second-order valence-electron chi connectivity index (χ2n) is 5.27. The maximum absolute atomic E-state index is 14.1. The number of ether oxygens (including phenoxy) is 1. The summed E-state index contributed by atoms with van der Waals surface area (Å²) in [5.74, 6) is -1.84. The number of rotatable bonds is 2. The molecule has 2 aromatic carbocycles. The summed E-state index contributed by atoms with van der Waals surface area (Å²) in [6.45, 7) is 0. The predicted molar refractivity (Wildman–Crippen MR) is 77.3 cm³/mol. The van der Waals surface area contributed by atoms with Gasteiger partial charge < -0.3 is 4.74 Å². The zero-order valence-corrected chi connectivity index (χ0v) is 13.2. The molecule has 0 bridgehead atoms. The fourth-order valence-corrected chi connectivity index (χ4v) is 3.51. The van der Waals surface area contributed by atoms with Gasteiger partial charge in [0.05, 0.1) is 22.8 Å². The Labute approximate surface area is 146 Å². The van der Waals surface area contributed by atoms with Gasteiger partial charge in [-0.1, -0.05) is 0 Å². The first kappa shape index (κ1) is 18.4. The third kappa shape index (κ3) is 3.19. The summed E-state index contributed by atoms with van der Waals surface area (Å²) < 4.78 is 99.1. The van der Waals surface area contributed by atoms with Crippen molar-refractivity contribution in [1.29, 1.82) is 5.26 Å². The van der Waals surface area contributed by atoms with E-state index in [4.69, 9.17) is 10.00 Å². The van der Waals surface area contributed by atoms with Gasteiger partial charge in [0.25, 0.3) is 0 Å². The SMILES string of the molecule is N#Cc1cc(F)cc(Oc2ccc(C(F)(F)F)c3c2[C@H](F)C(F)(F)S3)c1. The van der Waals surface area contributed by atoms with Crippen LogP contribution in [0.5, 0.6) is 11.5 Å². The zero-order valence-electron chi connectivity index (χ0n) is 12.4. The number of nitriles is 1. The lowest BCUT2D eigenvalue weighted by atomic mass is 10.0. The van der Waals surface area contributed by atoms with Crippen molar-refractivity contribution >= 4 is 11.8 Å². The van der Waals surface area contributed by atoms with Crippen molar-refractivity contribution in [2.75, 3.05) is 0 Å². The average Bonchev–Trinajstić information content (AvgIpc) is 2.76. The molecule has 1 heterocycles. The Kier molecular flexibility index (Phi) is 4.30. The molecule has 136 valence electrons. The van der Waals surface area contributed by atoms with Crippen molar-refractivity contribution in [2.24, 2.45) is 0 Å². The summed E-state index contributed by atoms with van der Waals surface area (Å²) >= 11 is -0.544. The predicted octanol–water partition coefficient (Wildman–Crippen LogP) is 6.22. The number of thioether (sulfide) groups is 1. The van der Waals surface area contributed by atoms with E-state index in [1.54, 1.807) is 6.07 Å². The second-order valence-corrected chi connectivity index (χ2v) is 6.42. The van der Waals surface area contributed by atoms with Gasteiger partial charge in [-0.05, 0) is 36.0 Å². The molecule has 0 aromatic heterocycles. The van der Waals surface area contributed by atoms with Gasteiger partial charge in [0.2, 0.25) is 6.17 Å². The summed E-state index contributed by atoms with van der Waals surface area (Å²) in [5, 5.41) is 4.67. The minimum Gasteiger partial charge on any atom is -0.457 e.